The Bertz CT molecular complexity index is 1980. The highest BCUT2D eigenvalue weighted by atomic mass is 16.7. The van der Waals surface area contributed by atoms with Gasteiger partial charge in [0.25, 0.3) is 0 Å². The van der Waals surface area contributed by atoms with Crippen LogP contribution in [0.15, 0.2) is 84.9 Å². The lowest BCUT2D eigenvalue weighted by Gasteiger charge is -2.49. The van der Waals surface area contributed by atoms with Gasteiger partial charge in [0.1, 0.15) is 53.9 Å². The molecule has 3 aliphatic heterocycles. The monoisotopic (exact) mass is 874 g/mol. The Kier molecular flexibility index (Phi) is 13.8. The topological polar surface area (TPSA) is 298 Å². The quantitative estimate of drug-likeness (QED) is 0.0657. The molecule has 0 spiro atoms. The number of rotatable bonds is 17. The fourth-order valence-electron chi connectivity index (χ4n) is 9.18. The summed E-state index contributed by atoms with van der Waals surface area (Å²) in [7, 11) is 4.33. The molecule has 0 aliphatic carbocycles. The zero-order valence-electron chi connectivity index (χ0n) is 34.8. The first kappa shape index (κ1) is 47.7. The van der Waals surface area contributed by atoms with Gasteiger partial charge in [-0.15, -0.1) is 0 Å². The van der Waals surface area contributed by atoms with Crippen molar-refractivity contribution in [3.63, 3.8) is 0 Å². The van der Waals surface area contributed by atoms with Gasteiger partial charge in [-0.05, 0) is 59.2 Å². The summed E-state index contributed by atoms with van der Waals surface area (Å²) in [5.41, 5.74) is -7.18. The normalized spacial score (nSPS) is 38.1. The Balaban J connectivity index is 1.53. The lowest BCUT2D eigenvalue weighted by molar-refractivity contribution is -0.342. The minimum absolute atomic E-state index is 0.312. The third-order valence-corrected chi connectivity index (χ3v) is 13.0. The summed E-state index contributed by atoms with van der Waals surface area (Å²) in [6, 6.07) is 18.6. The summed E-state index contributed by atoms with van der Waals surface area (Å²) in [6.45, 7) is -1.52. The number of ether oxygens (including phenoxy) is 6. The molecule has 3 aromatic carbocycles. The first-order chi connectivity index (χ1) is 29.3. The van der Waals surface area contributed by atoms with Gasteiger partial charge in [0.15, 0.2) is 16.8 Å². The van der Waals surface area contributed by atoms with E-state index in [0.717, 1.165) is 12.2 Å². The van der Waals surface area contributed by atoms with Gasteiger partial charge >= 0.3 is 0 Å². The maximum atomic E-state index is 13.0. The van der Waals surface area contributed by atoms with Gasteiger partial charge < -0.3 is 89.7 Å². The highest BCUT2D eigenvalue weighted by Crippen LogP contribution is 2.55. The Hall–Kier alpha value is -3.80. The maximum absolute atomic E-state index is 13.0. The average molecular weight is 875 g/mol. The van der Waals surface area contributed by atoms with E-state index in [2.05, 4.69) is 0 Å². The van der Waals surface area contributed by atoms with Gasteiger partial charge in [0.05, 0.1) is 41.2 Å². The lowest BCUT2D eigenvalue weighted by Crippen LogP contribution is -2.68. The minimum Gasteiger partial charge on any atom is -0.497 e. The van der Waals surface area contributed by atoms with Crippen LogP contribution in [0.4, 0.5) is 0 Å². The molecular formula is C44H58O18. The Morgan fingerprint density at radius 1 is 0.516 bits per heavy atom. The van der Waals surface area contributed by atoms with Crippen LogP contribution in [0.5, 0.6) is 17.2 Å². The number of aliphatic hydroxyl groups is 12. The van der Waals surface area contributed by atoms with E-state index in [9.17, 15) is 61.3 Å². The summed E-state index contributed by atoms with van der Waals surface area (Å²) >= 11 is 0. The standard InChI is InChI=1S/C44H58O18/c1-25(43(55)40(52,37(49)34(23-46)61-43)20-27-7-13-30(58-3)14-8-27)32(44(56)41(53,38(50)35(24-47)62-44)21-28-9-15-31(59-4)16-10-28)17-18-42(54)39(51,36(48)33(22-45)60-42)19-26-5-11-29(57-2)12-6-26/h5-18,25,32-38,45-56H,19-24H2,1-4H3/t25?,32?,33-,34-,35-,36+,37+,38+,39-,40-,41-,42-,43-,44-/m1/s1. The SMILES string of the molecule is COc1ccc(C[C@@]2(O)[C@@H](O)[C@@H](CO)O[C@]2(O)C=CC(C(C)[C@@]2(O)O[C@H](CO)[C@H](O)[C@]2(O)Cc2ccc(OC)cc2)[C@@]2(O)O[C@H](CO)[C@H](O)[C@]2(O)Cc2ccc(OC)cc2)cc1. The molecule has 0 saturated carbocycles. The first-order valence-corrected chi connectivity index (χ1v) is 20.1. The van der Waals surface area contributed by atoms with E-state index in [1.807, 2.05) is 0 Å². The molecular weight excluding hydrogens is 816 g/mol. The molecule has 12 N–H and O–H groups in total. The van der Waals surface area contributed by atoms with Crippen LogP contribution in [0.3, 0.4) is 0 Å². The summed E-state index contributed by atoms with van der Waals surface area (Å²) in [5.74, 6) is -11.6. The number of methoxy groups -OCH3 is 3. The van der Waals surface area contributed by atoms with E-state index in [1.54, 1.807) is 60.7 Å². The van der Waals surface area contributed by atoms with Crippen molar-refractivity contribution in [1.29, 1.82) is 0 Å². The second-order valence-corrected chi connectivity index (χ2v) is 16.5. The molecule has 6 rings (SSSR count). The molecule has 2 unspecified atom stereocenters. The molecule has 3 saturated heterocycles. The first-order valence-electron chi connectivity index (χ1n) is 20.1. The molecule has 62 heavy (non-hydrogen) atoms. The number of aliphatic hydroxyl groups excluding tert-OH is 6. The van der Waals surface area contributed by atoms with E-state index in [-0.39, 0.29) is 0 Å². The van der Waals surface area contributed by atoms with Crippen molar-refractivity contribution in [2.75, 3.05) is 41.2 Å². The van der Waals surface area contributed by atoms with E-state index in [0.29, 0.717) is 33.9 Å². The molecule has 18 heteroatoms. The molecule has 3 aromatic rings. The molecule has 18 nitrogen and oxygen atoms in total. The van der Waals surface area contributed by atoms with Crippen molar-refractivity contribution >= 4 is 0 Å². The van der Waals surface area contributed by atoms with Crippen LogP contribution in [-0.2, 0) is 33.5 Å². The van der Waals surface area contributed by atoms with Crippen molar-refractivity contribution < 1.29 is 89.7 Å². The van der Waals surface area contributed by atoms with Crippen LogP contribution >= 0.6 is 0 Å². The predicted molar refractivity (Wildman–Crippen MR) is 215 cm³/mol. The molecule has 342 valence electrons. The molecule has 0 amide bonds. The summed E-state index contributed by atoms with van der Waals surface area (Å²) in [5, 5.41) is 141. The zero-order valence-corrected chi connectivity index (χ0v) is 34.8. The lowest BCUT2D eigenvalue weighted by atomic mass is 9.66. The smallest absolute Gasteiger partial charge is 0.218 e. The van der Waals surface area contributed by atoms with Crippen LogP contribution in [0, 0.1) is 11.8 Å². The molecule has 3 fully saturated rings. The van der Waals surface area contributed by atoms with Gasteiger partial charge in [-0.1, -0.05) is 49.4 Å². The molecule has 0 bridgehead atoms. The highest BCUT2D eigenvalue weighted by molar-refractivity contribution is 5.34. The summed E-state index contributed by atoms with van der Waals surface area (Å²) < 4.78 is 33.3. The Morgan fingerprint density at radius 3 is 1.21 bits per heavy atom. The average Bonchev–Trinajstić information content (AvgIpc) is 3.69. The Labute approximate surface area is 358 Å². The van der Waals surface area contributed by atoms with Gasteiger partial charge in [0.2, 0.25) is 17.4 Å². The molecule has 0 radical (unpaired) electrons. The van der Waals surface area contributed by atoms with Gasteiger partial charge in [0, 0.05) is 31.1 Å². The van der Waals surface area contributed by atoms with Crippen molar-refractivity contribution in [2.24, 2.45) is 11.8 Å². The highest BCUT2D eigenvalue weighted by Gasteiger charge is 2.74. The second kappa shape index (κ2) is 18.0. The molecule has 3 aliphatic rings. The van der Waals surface area contributed by atoms with Crippen molar-refractivity contribution in [1.82, 2.24) is 0 Å². The number of hydrogen-bond acceptors (Lipinski definition) is 18. The van der Waals surface area contributed by atoms with Crippen molar-refractivity contribution in [2.45, 2.75) is 97.0 Å². The van der Waals surface area contributed by atoms with E-state index in [1.165, 1.54) is 40.4 Å². The van der Waals surface area contributed by atoms with Crippen molar-refractivity contribution in [3.05, 3.63) is 102 Å². The number of hydrogen-bond donors (Lipinski definition) is 12. The van der Waals surface area contributed by atoms with Crippen molar-refractivity contribution in [3.8, 4) is 17.2 Å². The maximum Gasteiger partial charge on any atom is 0.218 e. The second-order valence-electron chi connectivity index (χ2n) is 16.5. The van der Waals surface area contributed by atoms with Crippen LogP contribution in [-0.4, -0.2) is 173 Å². The Morgan fingerprint density at radius 2 is 0.839 bits per heavy atom. The van der Waals surface area contributed by atoms with Gasteiger partial charge in [-0.25, -0.2) is 0 Å². The van der Waals surface area contributed by atoms with E-state index < -0.39 is 122 Å². The summed E-state index contributed by atoms with van der Waals surface area (Å²) in [6.07, 6.45) is -10.8. The molecule has 14 atom stereocenters. The van der Waals surface area contributed by atoms with E-state index >= 15 is 0 Å². The van der Waals surface area contributed by atoms with E-state index in [4.69, 9.17) is 28.4 Å². The third kappa shape index (κ3) is 7.90. The van der Waals surface area contributed by atoms with Gasteiger partial charge in [-0.2, -0.15) is 0 Å². The third-order valence-electron chi connectivity index (χ3n) is 13.0. The van der Waals surface area contributed by atoms with Crippen LogP contribution < -0.4 is 14.2 Å². The predicted octanol–water partition coefficient (Wildman–Crippen LogP) is -1.94. The summed E-state index contributed by atoms with van der Waals surface area (Å²) in [4.78, 5) is 0. The molecule has 0 aromatic heterocycles. The van der Waals surface area contributed by atoms with Crippen LogP contribution in [0.25, 0.3) is 0 Å². The fourth-order valence-corrected chi connectivity index (χ4v) is 9.18. The van der Waals surface area contributed by atoms with Gasteiger partial charge in [-0.3, -0.25) is 0 Å². The fraction of sp³-hybridized carbons (Fsp3) is 0.545. The number of benzene rings is 3. The zero-order chi connectivity index (χ0) is 45.5. The molecule has 3 heterocycles. The minimum atomic E-state index is -3.14. The largest absolute Gasteiger partial charge is 0.497 e. The van der Waals surface area contributed by atoms with Crippen LogP contribution in [0.2, 0.25) is 0 Å². The van der Waals surface area contributed by atoms with Crippen LogP contribution in [0.1, 0.15) is 23.6 Å².